The fourth-order valence-corrected chi connectivity index (χ4v) is 2.04. The Bertz CT molecular complexity index is 337. The molecule has 1 atom stereocenters. The number of carboxylic acid groups (broad SMARTS) is 1. The van der Waals surface area contributed by atoms with Crippen molar-refractivity contribution in [2.75, 3.05) is 13.1 Å². The first-order valence-corrected chi connectivity index (χ1v) is 6.19. The largest absolute Gasteiger partial charge is 0.480 e. The molecule has 1 N–H and O–H groups in total. The molecule has 0 aromatic heterocycles. The molecule has 1 aromatic carbocycles. The number of hydrogen-bond acceptors (Lipinski definition) is 2. The van der Waals surface area contributed by atoms with Gasteiger partial charge in [0.15, 0.2) is 0 Å². The molecule has 0 radical (unpaired) electrons. The first-order valence-electron chi connectivity index (χ1n) is 6.19. The molecule has 0 aliphatic rings. The average molecular weight is 235 g/mol. The van der Waals surface area contributed by atoms with E-state index in [0.717, 1.165) is 19.5 Å². The lowest BCUT2D eigenvalue weighted by molar-refractivity contribution is -0.143. The predicted molar refractivity (Wildman–Crippen MR) is 69.1 cm³/mol. The highest BCUT2D eigenvalue weighted by Gasteiger charge is 2.21. The van der Waals surface area contributed by atoms with E-state index in [9.17, 15) is 4.79 Å². The van der Waals surface area contributed by atoms with E-state index in [-0.39, 0.29) is 6.04 Å². The summed E-state index contributed by atoms with van der Waals surface area (Å²) in [7, 11) is 0. The maximum atomic E-state index is 11.1. The molecule has 1 unspecified atom stereocenters. The number of carboxylic acids is 1. The van der Waals surface area contributed by atoms with Crippen LogP contribution >= 0.6 is 0 Å². The van der Waals surface area contributed by atoms with Gasteiger partial charge in [0.2, 0.25) is 0 Å². The average Bonchev–Trinajstić information content (AvgIpc) is 2.35. The molecule has 0 aliphatic heterocycles. The Balaban J connectivity index is 2.55. The van der Waals surface area contributed by atoms with Crippen molar-refractivity contribution >= 4 is 5.97 Å². The summed E-state index contributed by atoms with van der Waals surface area (Å²) in [4.78, 5) is 13.1. The number of hydrogen-bond donors (Lipinski definition) is 1. The summed E-state index contributed by atoms with van der Waals surface area (Å²) in [5.41, 5.74) is 1.26. The van der Waals surface area contributed by atoms with Crippen molar-refractivity contribution < 1.29 is 9.90 Å². The Labute approximate surface area is 103 Å². The summed E-state index contributed by atoms with van der Waals surface area (Å²) >= 11 is 0. The van der Waals surface area contributed by atoms with E-state index in [0.29, 0.717) is 6.42 Å². The van der Waals surface area contributed by atoms with Gasteiger partial charge in [-0.3, -0.25) is 9.69 Å². The van der Waals surface area contributed by atoms with Crippen molar-refractivity contribution in [1.82, 2.24) is 4.90 Å². The minimum Gasteiger partial charge on any atom is -0.480 e. The third kappa shape index (κ3) is 4.19. The van der Waals surface area contributed by atoms with Gasteiger partial charge < -0.3 is 5.11 Å². The van der Waals surface area contributed by atoms with Crippen LogP contribution in [0.25, 0.3) is 0 Å². The molecular formula is C14H21NO2. The third-order valence-electron chi connectivity index (χ3n) is 3.05. The van der Waals surface area contributed by atoms with E-state index in [4.69, 9.17) is 5.11 Å². The molecule has 17 heavy (non-hydrogen) atoms. The molecule has 0 saturated heterocycles. The maximum absolute atomic E-state index is 11.1. The predicted octanol–water partition coefficient (Wildman–Crippen LogP) is 2.41. The summed E-state index contributed by atoms with van der Waals surface area (Å²) in [6.45, 7) is 5.50. The minimum atomic E-state index is -0.720. The van der Waals surface area contributed by atoms with Gasteiger partial charge in [-0.1, -0.05) is 44.2 Å². The second kappa shape index (κ2) is 7.07. The quantitative estimate of drug-likeness (QED) is 0.789. The number of nitrogens with zero attached hydrogens (tertiary/aromatic N) is 1. The topological polar surface area (TPSA) is 40.5 Å². The molecule has 0 bridgehead atoms. The van der Waals surface area contributed by atoms with Crippen LogP contribution in [0.5, 0.6) is 0 Å². The number of aliphatic carboxylic acids is 1. The maximum Gasteiger partial charge on any atom is 0.320 e. The van der Waals surface area contributed by atoms with Gasteiger partial charge in [0.05, 0.1) is 0 Å². The number of rotatable bonds is 7. The van der Waals surface area contributed by atoms with Gasteiger partial charge in [-0.2, -0.15) is 0 Å². The molecule has 0 fully saturated rings. The highest BCUT2D eigenvalue weighted by molar-refractivity contribution is 5.73. The van der Waals surface area contributed by atoms with E-state index in [1.807, 2.05) is 36.9 Å². The molecule has 0 heterocycles. The molecule has 0 saturated carbocycles. The van der Waals surface area contributed by atoms with Crippen molar-refractivity contribution in [3.05, 3.63) is 35.9 Å². The number of carbonyl (C=O) groups is 1. The zero-order valence-corrected chi connectivity index (χ0v) is 10.6. The SMILES string of the molecule is CCC(C(=O)O)N(CC)CCc1ccccc1. The zero-order valence-electron chi connectivity index (χ0n) is 10.6. The Hall–Kier alpha value is -1.35. The van der Waals surface area contributed by atoms with E-state index >= 15 is 0 Å². The van der Waals surface area contributed by atoms with Crippen LogP contribution in [-0.2, 0) is 11.2 Å². The van der Waals surface area contributed by atoms with Crippen LogP contribution in [0, 0.1) is 0 Å². The first-order chi connectivity index (χ1) is 8.19. The summed E-state index contributed by atoms with van der Waals surface area (Å²) in [5.74, 6) is -0.720. The summed E-state index contributed by atoms with van der Waals surface area (Å²) in [6, 6.07) is 9.82. The molecule has 0 aliphatic carbocycles. The van der Waals surface area contributed by atoms with Crippen LogP contribution in [0.15, 0.2) is 30.3 Å². The van der Waals surface area contributed by atoms with Crippen LogP contribution < -0.4 is 0 Å². The molecule has 94 valence electrons. The van der Waals surface area contributed by atoms with Crippen molar-refractivity contribution in [3.8, 4) is 0 Å². The zero-order chi connectivity index (χ0) is 12.7. The van der Waals surface area contributed by atoms with Crippen LogP contribution in [0.3, 0.4) is 0 Å². The van der Waals surface area contributed by atoms with Crippen LogP contribution in [0.4, 0.5) is 0 Å². The second-order valence-corrected chi connectivity index (χ2v) is 4.13. The monoisotopic (exact) mass is 235 g/mol. The minimum absolute atomic E-state index is 0.358. The van der Waals surface area contributed by atoms with Crippen molar-refractivity contribution in [2.45, 2.75) is 32.7 Å². The molecule has 0 spiro atoms. The summed E-state index contributed by atoms with van der Waals surface area (Å²) < 4.78 is 0. The van der Waals surface area contributed by atoms with Crippen LogP contribution in [0.1, 0.15) is 25.8 Å². The standard InChI is InChI=1S/C14H21NO2/c1-3-13(14(16)17)15(4-2)11-10-12-8-6-5-7-9-12/h5-9,13H,3-4,10-11H2,1-2H3,(H,16,17). The van der Waals surface area contributed by atoms with Gasteiger partial charge in [0, 0.05) is 6.54 Å². The molecule has 1 rings (SSSR count). The van der Waals surface area contributed by atoms with Gasteiger partial charge >= 0.3 is 5.97 Å². The lowest BCUT2D eigenvalue weighted by Gasteiger charge is -2.26. The molecule has 0 amide bonds. The van der Waals surface area contributed by atoms with E-state index in [2.05, 4.69) is 12.1 Å². The third-order valence-corrected chi connectivity index (χ3v) is 3.05. The fraction of sp³-hybridized carbons (Fsp3) is 0.500. The van der Waals surface area contributed by atoms with Crippen molar-refractivity contribution in [3.63, 3.8) is 0 Å². The van der Waals surface area contributed by atoms with Crippen molar-refractivity contribution in [2.24, 2.45) is 0 Å². The van der Waals surface area contributed by atoms with Crippen LogP contribution in [0.2, 0.25) is 0 Å². The highest BCUT2D eigenvalue weighted by Crippen LogP contribution is 2.07. The Morgan fingerprint density at radius 3 is 2.41 bits per heavy atom. The molecular weight excluding hydrogens is 214 g/mol. The molecule has 3 heteroatoms. The number of likely N-dealkylation sites (N-methyl/N-ethyl adjacent to an activating group) is 1. The van der Waals surface area contributed by atoms with Gasteiger partial charge in [0.1, 0.15) is 6.04 Å². The fourth-order valence-electron chi connectivity index (χ4n) is 2.04. The Morgan fingerprint density at radius 1 is 1.29 bits per heavy atom. The summed E-state index contributed by atoms with van der Waals surface area (Å²) in [6.07, 6.45) is 1.55. The van der Waals surface area contributed by atoms with Gasteiger partial charge in [-0.25, -0.2) is 0 Å². The first kappa shape index (κ1) is 13.7. The van der Waals surface area contributed by atoms with E-state index in [1.165, 1.54) is 5.56 Å². The second-order valence-electron chi connectivity index (χ2n) is 4.13. The Kier molecular flexibility index (Phi) is 5.70. The van der Waals surface area contributed by atoms with Gasteiger partial charge in [-0.05, 0) is 24.9 Å². The molecule has 1 aromatic rings. The lowest BCUT2D eigenvalue weighted by atomic mass is 10.1. The Morgan fingerprint density at radius 2 is 1.94 bits per heavy atom. The van der Waals surface area contributed by atoms with Crippen molar-refractivity contribution in [1.29, 1.82) is 0 Å². The van der Waals surface area contributed by atoms with Gasteiger partial charge in [-0.15, -0.1) is 0 Å². The number of benzene rings is 1. The highest BCUT2D eigenvalue weighted by atomic mass is 16.4. The van der Waals surface area contributed by atoms with Crippen LogP contribution in [-0.4, -0.2) is 35.1 Å². The lowest BCUT2D eigenvalue weighted by Crippen LogP contribution is -2.41. The van der Waals surface area contributed by atoms with E-state index in [1.54, 1.807) is 0 Å². The van der Waals surface area contributed by atoms with E-state index < -0.39 is 5.97 Å². The normalized spacial score (nSPS) is 12.6. The molecule has 3 nitrogen and oxygen atoms in total. The van der Waals surface area contributed by atoms with Gasteiger partial charge in [0.25, 0.3) is 0 Å². The smallest absolute Gasteiger partial charge is 0.320 e. The summed E-state index contributed by atoms with van der Waals surface area (Å²) in [5, 5.41) is 9.13.